The smallest absolute Gasteiger partial charge is 0.356 e. The number of aromatic carboxylic acids is 1. The molecule has 0 unspecified atom stereocenters. The van der Waals surface area contributed by atoms with E-state index in [9.17, 15) is 9.59 Å². The maximum atomic E-state index is 12.2. The molecule has 1 aromatic carbocycles. The van der Waals surface area contributed by atoms with Crippen LogP contribution in [0.1, 0.15) is 40.4 Å². The van der Waals surface area contributed by atoms with E-state index in [0.29, 0.717) is 31.3 Å². The first-order valence-corrected chi connectivity index (χ1v) is 8.10. The van der Waals surface area contributed by atoms with E-state index in [-0.39, 0.29) is 16.8 Å². The second-order valence-corrected chi connectivity index (χ2v) is 6.52. The van der Waals surface area contributed by atoms with Gasteiger partial charge in [-0.1, -0.05) is 19.9 Å². The van der Waals surface area contributed by atoms with Crippen LogP contribution in [0, 0.1) is 0 Å². The monoisotopic (exact) mass is 357 g/mol. The number of hydrogen-bond acceptors (Lipinski definition) is 6. The molecule has 0 atom stereocenters. The van der Waals surface area contributed by atoms with Crippen LogP contribution in [0.25, 0.3) is 0 Å². The molecule has 0 spiro atoms. The van der Waals surface area contributed by atoms with Crippen LogP contribution < -0.4 is 14.8 Å². The van der Waals surface area contributed by atoms with Gasteiger partial charge in [0.1, 0.15) is 18.9 Å². The molecular weight excluding hydrogens is 338 g/mol. The number of nitrogens with zero attached hydrogens (tertiary/aromatic N) is 2. The highest BCUT2D eigenvalue weighted by Gasteiger charge is 2.24. The number of amides is 1. The molecule has 8 nitrogen and oxygen atoms in total. The molecule has 2 heterocycles. The van der Waals surface area contributed by atoms with Gasteiger partial charge in [-0.3, -0.25) is 4.79 Å². The average molecular weight is 357 g/mol. The normalized spacial score (nSPS) is 13.2. The number of nitrogens with one attached hydrogen (secondary N) is 1. The van der Waals surface area contributed by atoms with Crippen molar-refractivity contribution in [2.75, 3.05) is 19.8 Å². The van der Waals surface area contributed by atoms with Crippen LogP contribution in [-0.4, -0.2) is 46.7 Å². The second kappa shape index (κ2) is 6.99. The lowest BCUT2D eigenvalue weighted by Gasteiger charge is -2.27. The quantitative estimate of drug-likeness (QED) is 0.837. The van der Waals surface area contributed by atoms with Crippen LogP contribution in [0.5, 0.6) is 11.5 Å². The van der Waals surface area contributed by atoms with Gasteiger partial charge in [0, 0.05) is 12.0 Å². The van der Waals surface area contributed by atoms with Crippen molar-refractivity contribution >= 4 is 11.9 Å². The summed E-state index contributed by atoms with van der Waals surface area (Å²) in [5.41, 5.74) is 0.486. The number of carbonyl (C=O) groups excluding carboxylic acids is 1. The average Bonchev–Trinajstić information content (AvgIpc) is 2.65. The van der Waals surface area contributed by atoms with Gasteiger partial charge in [-0.25, -0.2) is 14.8 Å². The van der Waals surface area contributed by atoms with Crippen LogP contribution >= 0.6 is 0 Å². The lowest BCUT2D eigenvalue weighted by atomic mass is 9.84. The molecule has 136 valence electrons. The minimum atomic E-state index is -1.19. The van der Waals surface area contributed by atoms with Gasteiger partial charge in [-0.05, 0) is 17.7 Å². The van der Waals surface area contributed by atoms with Gasteiger partial charge < -0.3 is 19.9 Å². The van der Waals surface area contributed by atoms with Crippen molar-refractivity contribution in [1.82, 2.24) is 15.3 Å². The van der Waals surface area contributed by atoms with Crippen LogP contribution in [0.4, 0.5) is 0 Å². The number of ether oxygens (including phenoxy) is 2. The first kappa shape index (κ1) is 17.7. The molecule has 8 heteroatoms. The Morgan fingerprint density at radius 2 is 1.77 bits per heavy atom. The number of rotatable bonds is 5. The minimum absolute atomic E-state index is 0.0629. The summed E-state index contributed by atoms with van der Waals surface area (Å²) >= 11 is 0. The number of fused-ring (bicyclic) bond motifs is 1. The van der Waals surface area contributed by atoms with Gasteiger partial charge in [-0.2, -0.15) is 0 Å². The number of hydrogen-bond donors (Lipinski definition) is 2. The SMILES string of the molecule is CC(C)(CNC(=O)c1cnc(C(=O)O)cn1)c1ccc2c(c1)OCCO2. The third kappa shape index (κ3) is 3.74. The number of aromatic nitrogens is 2. The lowest BCUT2D eigenvalue weighted by molar-refractivity contribution is 0.0689. The summed E-state index contributed by atoms with van der Waals surface area (Å²) < 4.78 is 11.1. The molecule has 0 saturated carbocycles. The Balaban J connectivity index is 1.67. The zero-order valence-corrected chi connectivity index (χ0v) is 14.5. The molecule has 0 fully saturated rings. The van der Waals surface area contributed by atoms with Crippen molar-refractivity contribution in [1.29, 1.82) is 0 Å². The number of carbonyl (C=O) groups is 2. The van der Waals surface area contributed by atoms with Crippen LogP contribution in [0.2, 0.25) is 0 Å². The molecule has 1 amide bonds. The molecular formula is C18H19N3O5. The number of carboxylic acid groups (broad SMARTS) is 1. The third-order valence-electron chi connectivity index (χ3n) is 4.12. The highest BCUT2D eigenvalue weighted by Crippen LogP contribution is 2.34. The van der Waals surface area contributed by atoms with Gasteiger partial charge >= 0.3 is 5.97 Å². The second-order valence-electron chi connectivity index (χ2n) is 6.52. The first-order valence-electron chi connectivity index (χ1n) is 8.10. The Labute approximate surface area is 150 Å². The Morgan fingerprint density at radius 1 is 1.12 bits per heavy atom. The first-order chi connectivity index (χ1) is 12.4. The van der Waals surface area contributed by atoms with Crippen molar-refractivity contribution in [2.45, 2.75) is 19.3 Å². The van der Waals surface area contributed by atoms with E-state index in [1.54, 1.807) is 0 Å². The molecule has 0 aliphatic carbocycles. The fourth-order valence-corrected chi connectivity index (χ4v) is 2.51. The van der Waals surface area contributed by atoms with Gasteiger partial charge in [-0.15, -0.1) is 0 Å². The summed E-state index contributed by atoms with van der Waals surface area (Å²) in [7, 11) is 0. The lowest BCUT2D eigenvalue weighted by Crippen LogP contribution is -2.37. The zero-order valence-electron chi connectivity index (χ0n) is 14.5. The molecule has 1 aliphatic heterocycles. The third-order valence-corrected chi connectivity index (χ3v) is 4.12. The summed E-state index contributed by atoms with van der Waals surface area (Å²) in [6.45, 7) is 5.40. The van der Waals surface area contributed by atoms with Gasteiger partial charge in [0.2, 0.25) is 0 Å². The number of carboxylic acids is 1. The van der Waals surface area contributed by atoms with E-state index >= 15 is 0 Å². The summed E-state index contributed by atoms with van der Waals surface area (Å²) in [6.07, 6.45) is 2.21. The predicted octanol–water partition coefficient (Wildman–Crippen LogP) is 1.65. The minimum Gasteiger partial charge on any atom is -0.486 e. The fourth-order valence-electron chi connectivity index (χ4n) is 2.51. The Morgan fingerprint density at radius 3 is 2.42 bits per heavy atom. The highest BCUT2D eigenvalue weighted by molar-refractivity contribution is 5.92. The summed E-state index contributed by atoms with van der Waals surface area (Å²) in [6, 6.07) is 5.73. The molecule has 1 aliphatic rings. The van der Waals surface area contributed by atoms with Gasteiger partial charge in [0.05, 0.1) is 12.4 Å². The van der Waals surface area contributed by atoms with Crippen molar-refractivity contribution in [2.24, 2.45) is 0 Å². The molecule has 3 rings (SSSR count). The molecule has 0 saturated heterocycles. The maximum Gasteiger partial charge on any atom is 0.356 e. The van der Waals surface area contributed by atoms with Crippen LogP contribution in [0.3, 0.4) is 0 Å². The topological polar surface area (TPSA) is 111 Å². The fraction of sp³-hybridized carbons (Fsp3) is 0.333. The van der Waals surface area contributed by atoms with E-state index < -0.39 is 11.9 Å². The molecule has 2 aromatic rings. The van der Waals surface area contributed by atoms with Crippen molar-refractivity contribution in [3.63, 3.8) is 0 Å². The Hall–Kier alpha value is -3.16. The summed E-state index contributed by atoms with van der Waals surface area (Å²) in [5.74, 6) is -0.193. The van der Waals surface area contributed by atoms with Crippen LogP contribution in [-0.2, 0) is 5.41 Å². The maximum absolute atomic E-state index is 12.2. The highest BCUT2D eigenvalue weighted by atomic mass is 16.6. The van der Waals surface area contributed by atoms with Crippen molar-refractivity contribution in [3.8, 4) is 11.5 Å². The molecule has 1 aromatic heterocycles. The van der Waals surface area contributed by atoms with Crippen molar-refractivity contribution in [3.05, 3.63) is 47.5 Å². The molecule has 26 heavy (non-hydrogen) atoms. The zero-order chi connectivity index (χ0) is 18.7. The Bertz CT molecular complexity index is 833. The van der Waals surface area contributed by atoms with Gasteiger partial charge in [0.25, 0.3) is 5.91 Å². The Kier molecular flexibility index (Phi) is 4.75. The van der Waals surface area contributed by atoms with Gasteiger partial charge in [0.15, 0.2) is 17.2 Å². The van der Waals surface area contributed by atoms with E-state index in [1.807, 2.05) is 32.0 Å². The van der Waals surface area contributed by atoms with E-state index in [0.717, 1.165) is 18.0 Å². The van der Waals surface area contributed by atoms with E-state index in [2.05, 4.69) is 15.3 Å². The van der Waals surface area contributed by atoms with Crippen LogP contribution in [0.15, 0.2) is 30.6 Å². The molecule has 2 N–H and O–H groups in total. The number of benzene rings is 1. The molecule has 0 bridgehead atoms. The van der Waals surface area contributed by atoms with Crippen molar-refractivity contribution < 1.29 is 24.2 Å². The summed E-state index contributed by atoms with van der Waals surface area (Å²) in [5, 5.41) is 11.6. The van der Waals surface area contributed by atoms with E-state index in [4.69, 9.17) is 14.6 Å². The standard InChI is InChI=1S/C18H19N3O5/c1-18(2,11-3-4-14-15(7-11)26-6-5-25-14)10-21-16(22)12-8-20-13(9-19-12)17(23)24/h3-4,7-9H,5-6,10H2,1-2H3,(H,21,22)(H,23,24). The predicted molar refractivity (Wildman–Crippen MR) is 91.8 cm³/mol. The van der Waals surface area contributed by atoms with E-state index in [1.165, 1.54) is 0 Å². The largest absolute Gasteiger partial charge is 0.486 e. The molecule has 0 radical (unpaired) electrons. The summed E-state index contributed by atoms with van der Waals surface area (Å²) in [4.78, 5) is 30.5.